The van der Waals surface area contributed by atoms with Gasteiger partial charge in [-0.3, -0.25) is 0 Å². The van der Waals surface area contributed by atoms with Crippen LogP contribution >= 0.6 is 0 Å². The first-order valence-electron chi connectivity index (χ1n) is 3.77. The number of nitrogens with zero attached hydrogens (tertiary/aromatic N) is 1. The summed E-state index contributed by atoms with van der Waals surface area (Å²) in [7, 11) is 0. The van der Waals surface area contributed by atoms with E-state index in [4.69, 9.17) is 11.0 Å². The fraction of sp³-hybridized carbons (Fsp3) is 0.222. The normalized spacial score (nSPS) is 9.00. The predicted molar refractivity (Wildman–Crippen MR) is 46.8 cm³/mol. The lowest BCUT2D eigenvalue weighted by atomic mass is 10.1. The molecule has 0 spiro atoms. The van der Waals surface area contributed by atoms with E-state index >= 15 is 0 Å². The fourth-order valence-electron chi connectivity index (χ4n) is 1.06. The van der Waals surface area contributed by atoms with Crippen LogP contribution in [0.25, 0.3) is 0 Å². The largest absolute Gasteiger partial charge is 0.326 e. The molecular weight excluding hydrogens is 150 g/mol. The summed E-state index contributed by atoms with van der Waals surface area (Å²) in [5.74, 6) is 0. The first-order valence-corrected chi connectivity index (χ1v) is 3.77. The van der Waals surface area contributed by atoms with Crippen molar-refractivity contribution in [1.29, 1.82) is 5.26 Å². The lowest BCUT2D eigenvalue weighted by Gasteiger charge is -2.04. The van der Waals surface area contributed by atoms with Crippen molar-refractivity contribution in [2.24, 2.45) is 5.73 Å². The maximum absolute atomic E-state index is 8.30. The molecule has 3 heteroatoms. The molecule has 12 heavy (non-hydrogen) atoms. The van der Waals surface area contributed by atoms with Crippen molar-refractivity contribution in [1.82, 2.24) is 5.32 Å². The second-order valence-corrected chi connectivity index (χ2v) is 2.44. The fourth-order valence-corrected chi connectivity index (χ4v) is 1.06. The summed E-state index contributed by atoms with van der Waals surface area (Å²) >= 11 is 0. The average Bonchev–Trinajstić information content (AvgIpc) is 2.15. The maximum atomic E-state index is 8.30. The van der Waals surface area contributed by atoms with Crippen molar-refractivity contribution in [3.05, 3.63) is 35.4 Å². The Labute approximate surface area is 71.8 Å². The average molecular weight is 161 g/mol. The zero-order chi connectivity index (χ0) is 8.81. The second-order valence-electron chi connectivity index (χ2n) is 2.44. The highest BCUT2D eigenvalue weighted by molar-refractivity contribution is 5.26. The van der Waals surface area contributed by atoms with Crippen LogP contribution in [0.15, 0.2) is 24.3 Å². The van der Waals surface area contributed by atoms with E-state index in [0.717, 1.165) is 11.1 Å². The molecule has 0 aliphatic heterocycles. The molecule has 1 aromatic carbocycles. The van der Waals surface area contributed by atoms with Gasteiger partial charge in [0, 0.05) is 6.54 Å². The van der Waals surface area contributed by atoms with E-state index < -0.39 is 0 Å². The topological polar surface area (TPSA) is 61.8 Å². The molecule has 62 valence electrons. The zero-order valence-corrected chi connectivity index (χ0v) is 6.75. The number of hydrogen-bond acceptors (Lipinski definition) is 3. The second kappa shape index (κ2) is 4.37. The number of rotatable bonds is 3. The SMILES string of the molecule is N#CNCc1ccccc1CN. The molecule has 0 unspecified atom stereocenters. The van der Waals surface area contributed by atoms with Crippen LogP contribution in [0.5, 0.6) is 0 Å². The van der Waals surface area contributed by atoms with Crippen LogP contribution < -0.4 is 11.1 Å². The molecule has 0 radical (unpaired) electrons. The molecule has 0 saturated heterocycles. The number of nitrogens with one attached hydrogen (secondary N) is 1. The molecule has 0 aromatic heterocycles. The van der Waals surface area contributed by atoms with Gasteiger partial charge in [-0.05, 0) is 11.1 Å². The maximum Gasteiger partial charge on any atom is 0.176 e. The number of benzene rings is 1. The summed E-state index contributed by atoms with van der Waals surface area (Å²) in [6.07, 6.45) is 1.88. The monoisotopic (exact) mass is 161 g/mol. The third-order valence-corrected chi connectivity index (χ3v) is 1.70. The molecule has 0 atom stereocenters. The quantitative estimate of drug-likeness (QED) is 0.507. The molecule has 3 N–H and O–H groups in total. The molecule has 1 aromatic rings. The lowest BCUT2D eigenvalue weighted by molar-refractivity contribution is 0.861. The van der Waals surface area contributed by atoms with E-state index in [2.05, 4.69) is 5.32 Å². The summed E-state index contributed by atoms with van der Waals surface area (Å²) in [6.45, 7) is 1.08. The first-order chi connectivity index (χ1) is 5.88. The van der Waals surface area contributed by atoms with Crippen molar-refractivity contribution in [3.8, 4) is 6.19 Å². The lowest BCUT2D eigenvalue weighted by Crippen LogP contribution is -2.09. The minimum absolute atomic E-state index is 0.517. The van der Waals surface area contributed by atoms with Crippen LogP contribution in [0.3, 0.4) is 0 Å². The van der Waals surface area contributed by atoms with Crippen molar-refractivity contribution >= 4 is 0 Å². The Balaban J connectivity index is 2.76. The van der Waals surface area contributed by atoms with Gasteiger partial charge in [0.05, 0.1) is 6.54 Å². The smallest absolute Gasteiger partial charge is 0.176 e. The highest BCUT2D eigenvalue weighted by atomic mass is 14.8. The van der Waals surface area contributed by atoms with Crippen molar-refractivity contribution < 1.29 is 0 Å². The van der Waals surface area contributed by atoms with Gasteiger partial charge in [0.15, 0.2) is 6.19 Å². The zero-order valence-electron chi connectivity index (χ0n) is 6.75. The van der Waals surface area contributed by atoms with Crippen LogP contribution in [-0.4, -0.2) is 0 Å². The Hall–Kier alpha value is -1.53. The van der Waals surface area contributed by atoms with Gasteiger partial charge < -0.3 is 11.1 Å². The van der Waals surface area contributed by atoms with Crippen molar-refractivity contribution in [3.63, 3.8) is 0 Å². The Morgan fingerprint density at radius 3 is 2.58 bits per heavy atom. The molecule has 3 nitrogen and oxygen atoms in total. The van der Waals surface area contributed by atoms with Crippen LogP contribution in [0, 0.1) is 11.5 Å². The summed E-state index contributed by atoms with van der Waals surface area (Å²) in [5.41, 5.74) is 7.68. The summed E-state index contributed by atoms with van der Waals surface area (Å²) < 4.78 is 0. The Kier molecular flexibility index (Phi) is 3.12. The van der Waals surface area contributed by atoms with E-state index in [1.165, 1.54) is 0 Å². The Bertz CT molecular complexity index is 288. The molecule has 0 fully saturated rings. The summed E-state index contributed by atoms with van der Waals surface area (Å²) in [5, 5.41) is 10.9. The van der Waals surface area contributed by atoms with Crippen LogP contribution in [0.2, 0.25) is 0 Å². The van der Waals surface area contributed by atoms with Crippen molar-refractivity contribution in [2.75, 3.05) is 0 Å². The van der Waals surface area contributed by atoms with Crippen LogP contribution in [-0.2, 0) is 13.1 Å². The van der Waals surface area contributed by atoms with E-state index in [-0.39, 0.29) is 0 Å². The van der Waals surface area contributed by atoms with Gasteiger partial charge in [-0.25, -0.2) is 0 Å². The van der Waals surface area contributed by atoms with Gasteiger partial charge in [0.2, 0.25) is 0 Å². The molecular formula is C9H11N3. The molecule has 0 bridgehead atoms. The molecule has 0 aliphatic carbocycles. The number of hydrogen-bond donors (Lipinski definition) is 2. The van der Waals surface area contributed by atoms with Crippen LogP contribution in [0.1, 0.15) is 11.1 Å². The molecule has 0 heterocycles. The van der Waals surface area contributed by atoms with E-state index in [0.29, 0.717) is 13.1 Å². The number of nitriles is 1. The van der Waals surface area contributed by atoms with E-state index in [1.807, 2.05) is 30.5 Å². The Morgan fingerprint density at radius 2 is 2.00 bits per heavy atom. The minimum atomic E-state index is 0.517. The van der Waals surface area contributed by atoms with Gasteiger partial charge in [-0.2, -0.15) is 5.26 Å². The minimum Gasteiger partial charge on any atom is -0.326 e. The third kappa shape index (κ3) is 1.97. The van der Waals surface area contributed by atoms with Crippen molar-refractivity contribution in [2.45, 2.75) is 13.1 Å². The van der Waals surface area contributed by atoms with E-state index in [9.17, 15) is 0 Å². The highest BCUT2D eigenvalue weighted by Gasteiger charge is 1.97. The van der Waals surface area contributed by atoms with Gasteiger partial charge in [-0.1, -0.05) is 24.3 Å². The highest BCUT2D eigenvalue weighted by Crippen LogP contribution is 2.06. The first kappa shape index (κ1) is 8.57. The van der Waals surface area contributed by atoms with Gasteiger partial charge >= 0.3 is 0 Å². The number of nitrogens with two attached hydrogens (primary N) is 1. The molecule has 0 aliphatic rings. The standard InChI is InChI=1S/C9H11N3/c10-5-8-3-1-2-4-9(8)6-12-7-11/h1-4,12H,5-6,10H2. The van der Waals surface area contributed by atoms with Gasteiger partial charge in [0.1, 0.15) is 0 Å². The third-order valence-electron chi connectivity index (χ3n) is 1.70. The summed E-state index contributed by atoms with van der Waals surface area (Å²) in [6, 6.07) is 7.81. The van der Waals surface area contributed by atoms with E-state index in [1.54, 1.807) is 0 Å². The molecule has 0 amide bonds. The summed E-state index contributed by atoms with van der Waals surface area (Å²) in [4.78, 5) is 0. The molecule has 1 rings (SSSR count). The van der Waals surface area contributed by atoms with Gasteiger partial charge in [0.25, 0.3) is 0 Å². The van der Waals surface area contributed by atoms with Gasteiger partial charge in [-0.15, -0.1) is 0 Å². The predicted octanol–water partition coefficient (Wildman–Crippen LogP) is 0.716. The molecule has 0 saturated carbocycles. The van der Waals surface area contributed by atoms with Crippen LogP contribution in [0.4, 0.5) is 0 Å². The Morgan fingerprint density at radius 1 is 1.33 bits per heavy atom.